The zero-order valence-corrected chi connectivity index (χ0v) is 14.4. The summed E-state index contributed by atoms with van der Waals surface area (Å²) in [7, 11) is 0. The molecule has 27 heavy (non-hydrogen) atoms. The molecule has 0 bridgehead atoms. The maximum absolute atomic E-state index is 14.0. The lowest BCUT2D eigenvalue weighted by Crippen LogP contribution is -2.54. The van der Waals surface area contributed by atoms with Gasteiger partial charge >= 0.3 is 12.4 Å². The molecule has 0 atom stereocenters. The Labute approximate surface area is 159 Å². The molecular formula is C17H6Cl2F6N2. The standard InChI is InChI=1S/C17H6Cl2F6N2/c18-13-3-1-11(5-9(13)7-26)15(16(20,21)22,17(23,24)25)12-2-4-14(19)10(6-12)8-27/h1-6H. The molecule has 0 saturated carbocycles. The fourth-order valence-corrected chi connectivity index (χ4v) is 2.99. The molecule has 0 unspecified atom stereocenters. The van der Waals surface area contributed by atoms with Crippen LogP contribution in [0.2, 0.25) is 10.0 Å². The van der Waals surface area contributed by atoms with E-state index < -0.39 is 40.0 Å². The number of nitrogens with zero attached hydrogens (tertiary/aromatic N) is 2. The largest absolute Gasteiger partial charge is 0.411 e. The Kier molecular flexibility index (Phi) is 5.38. The molecule has 0 aliphatic heterocycles. The highest BCUT2D eigenvalue weighted by Gasteiger charge is 2.72. The van der Waals surface area contributed by atoms with E-state index in [4.69, 9.17) is 33.7 Å². The Morgan fingerprint density at radius 3 is 1.26 bits per heavy atom. The van der Waals surface area contributed by atoms with Crippen molar-refractivity contribution in [2.24, 2.45) is 0 Å². The van der Waals surface area contributed by atoms with E-state index in [-0.39, 0.29) is 10.0 Å². The minimum Gasteiger partial charge on any atom is -0.192 e. The summed E-state index contributed by atoms with van der Waals surface area (Å²) in [4.78, 5) is 0. The van der Waals surface area contributed by atoms with Crippen LogP contribution < -0.4 is 0 Å². The van der Waals surface area contributed by atoms with E-state index in [2.05, 4.69) is 0 Å². The maximum atomic E-state index is 14.0. The molecule has 0 spiro atoms. The number of nitriles is 2. The fraction of sp³-hybridized carbons (Fsp3) is 0.176. The molecule has 0 aliphatic carbocycles. The molecule has 0 amide bonds. The molecule has 2 rings (SSSR count). The molecule has 0 radical (unpaired) electrons. The molecule has 10 heteroatoms. The van der Waals surface area contributed by atoms with Gasteiger partial charge in [0, 0.05) is 0 Å². The highest BCUT2D eigenvalue weighted by atomic mass is 35.5. The van der Waals surface area contributed by atoms with Gasteiger partial charge in [-0.1, -0.05) is 35.3 Å². The van der Waals surface area contributed by atoms with E-state index in [0.717, 1.165) is 12.1 Å². The zero-order valence-electron chi connectivity index (χ0n) is 12.9. The Balaban J connectivity index is 3.02. The van der Waals surface area contributed by atoms with Crippen LogP contribution in [0.25, 0.3) is 0 Å². The van der Waals surface area contributed by atoms with Crippen molar-refractivity contribution in [1.82, 2.24) is 0 Å². The van der Waals surface area contributed by atoms with E-state index in [0.29, 0.717) is 24.3 Å². The van der Waals surface area contributed by atoms with Crippen LogP contribution in [0.4, 0.5) is 26.3 Å². The Bertz CT molecular complexity index is 888. The van der Waals surface area contributed by atoms with Gasteiger partial charge in [0.1, 0.15) is 12.1 Å². The second-order valence-corrected chi connectivity index (χ2v) is 6.17. The molecule has 0 heterocycles. The molecule has 140 valence electrons. The Morgan fingerprint density at radius 1 is 0.667 bits per heavy atom. The highest BCUT2D eigenvalue weighted by molar-refractivity contribution is 6.32. The first-order valence-corrected chi connectivity index (χ1v) is 7.69. The first-order chi connectivity index (χ1) is 12.4. The van der Waals surface area contributed by atoms with Crippen molar-refractivity contribution in [2.75, 3.05) is 0 Å². The molecule has 0 aliphatic rings. The van der Waals surface area contributed by atoms with Gasteiger partial charge in [-0.15, -0.1) is 0 Å². The van der Waals surface area contributed by atoms with Gasteiger partial charge in [-0.05, 0) is 35.4 Å². The topological polar surface area (TPSA) is 47.6 Å². The zero-order chi connectivity index (χ0) is 20.6. The van der Waals surface area contributed by atoms with Gasteiger partial charge in [-0.25, -0.2) is 0 Å². The van der Waals surface area contributed by atoms with Gasteiger partial charge in [0.25, 0.3) is 0 Å². The van der Waals surface area contributed by atoms with Crippen LogP contribution in [0, 0.1) is 22.7 Å². The fourth-order valence-electron chi connectivity index (χ4n) is 2.67. The van der Waals surface area contributed by atoms with Gasteiger partial charge in [0.05, 0.1) is 21.2 Å². The third-order valence-corrected chi connectivity index (χ3v) is 4.55. The number of hydrogen-bond acceptors (Lipinski definition) is 2. The number of alkyl halides is 6. The van der Waals surface area contributed by atoms with E-state index in [9.17, 15) is 26.3 Å². The van der Waals surface area contributed by atoms with Crippen LogP contribution in [0.1, 0.15) is 22.3 Å². The molecular weight excluding hydrogens is 417 g/mol. The summed E-state index contributed by atoms with van der Waals surface area (Å²) in [6.07, 6.45) is -11.7. The summed E-state index contributed by atoms with van der Waals surface area (Å²) in [6.45, 7) is 0. The lowest BCUT2D eigenvalue weighted by Gasteiger charge is -2.38. The summed E-state index contributed by atoms with van der Waals surface area (Å²) in [5.41, 5.74) is -8.11. The maximum Gasteiger partial charge on any atom is 0.411 e. The van der Waals surface area contributed by atoms with Crippen molar-refractivity contribution in [3.05, 3.63) is 68.7 Å². The number of benzene rings is 2. The van der Waals surface area contributed by atoms with Crippen molar-refractivity contribution < 1.29 is 26.3 Å². The second-order valence-electron chi connectivity index (χ2n) is 5.36. The molecule has 2 aromatic carbocycles. The quantitative estimate of drug-likeness (QED) is 0.545. The monoisotopic (exact) mass is 422 g/mol. The minimum atomic E-state index is -5.85. The summed E-state index contributed by atoms with van der Waals surface area (Å²) >= 11 is 11.3. The number of hydrogen-bond donors (Lipinski definition) is 0. The SMILES string of the molecule is N#Cc1cc(C(c2ccc(Cl)c(C#N)c2)(C(F)(F)F)C(F)(F)F)ccc1Cl. The predicted octanol–water partition coefficient (Wildman–Crippen LogP) is 6.15. The average Bonchev–Trinajstić information content (AvgIpc) is 2.55. The summed E-state index contributed by atoms with van der Waals surface area (Å²) in [5.74, 6) is 0. The Hall–Kier alpha value is -2.42. The van der Waals surface area contributed by atoms with Crippen LogP contribution in [0.5, 0.6) is 0 Å². The van der Waals surface area contributed by atoms with Crippen molar-refractivity contribution in [3.8, 4) is 12.1 Å². The summed E-state index contributed by atoms with van der Waals surface area (Å²) in [5, 5.41) is 17.3. The van der Waals surface area contributed by atoms with E-state index in [1.165, 1.54) is 12.1 Å². The molecule has 0 aromatic heterocycles. The molecule has 0 N–H and O–H groups in total. The lowest BCUT2D eigenvalue weighted by atomic mass is 9.72. The second kappa shape index (κ2) is 6.95. The first kappa shape index (κ1) is 20.9. The van der Waals surface area contributed by atoms with Crippen LogP contribution in [-0.2, 0) is 5.41 Å². The number of rotatable bonds is 2. The van der Waals surface area contributed by atoms with E-state index >= 15 is 0 Å². The first-order valence-electron chi connectivity index (χ1n) is 6.94. The van der Waals surface area contributed by atoms with Gasteiger partial charge in [-0.2, -0.15) is 36.9 Å². The summed E-state index contributed by atoms with van der Waals surface area (Å²) < 4.78 is 83.8. The normalized spacial score (nSPS) is 12.4. The van der Waals surface area contributed by atoms with E-state index in [1.54, 1.807) is 0 Å². The van der Waals surface area contributed by atoms with Crippen molar-refractivity contribution >= 4 is 23.2 Å². The molecule has 2 nitrogen and oxygen atoms in total. The lowest BCUT2D eigenvalue weighted by molar-refractivity contribution is -0.288. The minimum absolute atomic E-state index is 0.298. The van der Waals surface area contributed by atoms with Crippen LogP contribution in [0.3, 0.4) is 0 Å². The predicted molar refractivity (Wildman–Crippen MR) is 85.2 cm³/mol. The van der Waals surface area contributed by atoms with Crippen molar-refractivity contribution in [1.29, 1.82) is 10.5 Å². The Morgan fingerprint density at radius 2 is 1.00 bits per heavy atom. The average molecular weight is 423 g/mol. The van der Waals surface area contributed by atoms with Gasteiger partial charge in [0.2, 0.25) is 5.41 Å². The molecule has 0 saturated heterocycles. The summed E-state index contributed by atoms with van der Waals surface area (Å²) in [6, 6.07) is 6.43. The smallest absolute Gasteiger partial charge is 0.192 e. The van der Waals surface area contributed by atoms with Crippen LogP contribution in [-0.4, -0.2) is 12.4 Å². The van der Waals surface area contributed by atoms with Crippen LogP contribution >= 0.6 is 23.2 Å². The van der Waals surface area contributed by atoms with Gasteiger partial charge in [0.15, 0.2) is 0 Å². The van der Waals surface area contributed by atoms with Crippen molar-refractivity contribution in [2.45, 2.75) is 17.8 Å². The number of halogens is 8. The van der Waals surface area contributed by atoms with Gasteiger partial charge in [-0.3, -0.25) is 0 Å². The van der Waals surface area contributed by atoms with E-state index in [1.807, 2.05) is 0 Å². The third kappa shape index (κ3) is 3.31. The molecule has 0 fully saturated rings. The third-order valence-electron chi connectivity index (χ3n) is 3.89. The van der Waals surface area contributed by atoms with Crippen LogP contribution in [0.15, 0.2) is 36.4 Å². The highest BCUT2D eigenvalue weighted by Crippen LogP contribution is 2.56. The molecule has 2 aromatic rings. The van der Waals surface area contributed by atoms with Crippen molar-refractivity contribution in [3.63, 3.8) is 0 Å². The van der Waals surface area contributed by atoms with Gasteiger partial charge < -0.3 is 0 Å².